The molecule has 0 bridgehead atoms. The molecule has 0 fully saturated rings. The Kier molecular flexibility index (Phi) is 3.99. The van der Waals surface area contributed by atoms with Crippen molar-refractivity contribution in [3.05, 3.63) is 57.2 Å². The fraction of sp³-hybridized carbons (Fsp3) is 0.176. The van der Waals surface area contributed by atoms with Crippen molar-refractivity contribution in [1.29, 1.82) is 0 Å². The minimum Gasteiger partial charge on any atom is -0.493 e. The molecular formula is C17H16N2O5. The Morgan fingerprint density at radius 3 is 2.12 bits per heavy atom. The van der Waals surface area contributed by atoms with Gasteiger partial charge in [-0.05, 0) is 12.1 Å². The third-order valence-electron chi connectivity index (χ3n) is 3.71. The van der Waals surface area contributed by atoms with E-state index in [4.69, 9.17) is 14.2 Å². The van der Waals surface area contributed by atoms with E-state index in [9.17, 15) is 9.59 Å². The zero-order valence-electron chi connectivity index (χ0n) is 13.5. The number of para-hydroxylation sites is 1. The molecule has 1 aromatic heterocycles. The first-order valence-corrected chi connectivity index (χ1v) is 7.15. The van der Waals surface area contributed by atoms with Crippen LogP contribution in [0.2, 0.25) is 0 Å². The molecule has 7 heteroatoms. The Labute approximate surface area is 137 Å². The molecule has 1 N–H and O–H groups in total. The van der Waals surface area contributed by atoms with Gasteiger partial charge in [-0.1, -0.05) is 12.1 Å². The Balaban J connectivity index is 2.36. The normalized spacial score (nSPS) is 10.6. The van der Waals surface area contributed by atoms with E-state index in [1.165, 1.54) is 21.3 Å². The number of nitrogens with one attached hydrogen (secondary N) is 1. The summed E-state index contributed by atoms with van der Waals surface area (Å²) in [7, 11) is 4.41. The maximum atomic E-state index is 12.7. The predicted octanol–water partition coefficient (Wildman–Crippen LogP) is 1.70. The topological polar surface area (TPSA) is 82.6 Å². The smallest absolute Gasteiger partial charge is 0.333 e. The van der Waals surface area contributed by atoms with Crippen molar-refractivity contribution in [3.8, 4) is 22.9 Å². The van der Waals surface area contributed by atoms with Crippen LogP contribution < -0.4 is 25.5 Å². The van der Waals surface area contributed by atoms with Crippen LogP contribution in [0.15, 0.2) is 46.0 Å². The van der Waals surface area contributed by atoms with Crippen molar-refractivity contribution in [2.75, 3.05) is 21.3 Å². The summed E-state index contributed by atoms with van der Waals surface area (Å²) >= 11 is 0. The Hall–Kier alpha value is -3.22. The van der Waals surface area contributed by atoms with Crippen LogP contribution in [0.3, 0.4) is 0 Å². The van der Waals surface area contributed by atoms with E-state index in [1.54, 1.807) is 36.4 Å². The molecule has 24 heavy (non-hydrogen) atoms. The van der Waals surface area contributed by atoms with Gasteiger partial charge in [0, 0.05) is 12.1 Å². The summed E-state index contributed by atoms with van der Waals surface area (Å²) in [6.45, 7) is 0. The van der Waals surface area contributed by atoms with Gasteiger partial charge in [0.05, 0.1) is 37.9 Å². The number of hydrogen-bond donors (Lipinski definition) is 1. The molecule has 0 aliphatic heterocycles. The third-order valence-corrected chi connectivity index (χ3v) is 3.71. The average Bonchev–Trinajstić information content (AvgIpc) is 2.60. The molecule has 0 aliphatic carbocycles. The average molecular weight is 328 g/mol. The Bertz CT molecular complexity index is 994. The summed E-state index contributed by atoms with van der Waals surface area (Å²) in [5, 5.41) is 0.408. The van der Waals surface area contributed by atoms with Gasteiger partial charge in [-0.15, -0.1) is 0 Å². The number of fused-ring (bicyclic) bond motifs is 1. The van der Waals surface area contributed by atoms with Crippen molar-refractivity contribution >= 4 is 10.9 Å². The highest BCUT2D eigenvalue weighted by Crippen LogP contribution is 2.38. The Morgan fingerprint density at radius 2 is 1.54 bits per heavy atom. The standard InChI is InChI=1S/C17H16N2O5/c1-22-13-8-10(9-14(23-2)15(13)24-3)19-16(20)11-6-4-5-7-12(11)18-17(19)21/h4-9H,1-3H3,(H,18,21). The number of benzene rings is 2. The van der Waals surface area contributed by atoms with E-state index < -0.39 is 11.2 Å². The van der Waals surface area contributed by atoms with E-state index in [-0.39, 0.29) is 0 Å². The molecule has 0 amide bonds. The summed E-state index contributed by atoms with van der Waals surface area (Å²) < 4.78 is 16.8. The van der Waals surface area contributed by atoms with Crippen LogP contribution >= 0.6 is 0 Å². The lowest BCUT2D eigenvalue weighted by molar-refractivity contribution is 0.324. The lowest BCUT2D eigenvalue weighted by Gasteiger charge is -2.14. The van der Waals surface area contributed by atoms with Gasteiger partial charge < -0.3 is 19.2 Å². The highest BCUT2D eigenvalue weighted by molar-refractivity contribution is 5.77. The van der Waals surface area contributed by atoms with Crippen LogP contribution in [0.4, 0.5) is 0 Å². The number of rotatable bonds is 4. The zero-order valence-corrected chi connectivity index (χ0v) is 13.5. The second-order valence-electron chi connectivity index (χ2n) is 5.00. The van der Waals surface area contributed by atoms with Crippen molar-refractivity contribution in [2.45, 2.75) is 0 Å². The fourth-order valence-electron chi connectivity index (χ4n) is 2.59. The summed E-state index contributed by atoms with van der Waals surface area (Å²) in [6.07, 6.45) is 0. The van der Waals surface area contributed by atoms with Crippen LogP contribution in [0.1, 0.15) is 0 Å². The van der Waals surface area contributed by atoms with Gasteiger partial charge in [0.25, 0.3) is 5.56 Å². The lowest BCUT2D eigenvalue weighted by atomic mass is 10.2. The van der Waals surface area contributed by atoms with Crippen molar-refractivity contribution in [3.63, 3.8) is 0 Å². The van der Waals surface area contributed by atoms with Crippen LogP contribution in [0.5, 0.6) is 17.2 Å². The number of aromatic nitrogens is 2. The zero-order chi connectivity index (χ0) is 17.3. The SMILES string of the molecule is COc1cc(-n2c(=O)[nH]c3ccccc3c2=O)cc(OC)c1OC. The minimum atomic E-state index is -0.548. The van der Waals surface area contributed by atoms with Crippen LogP contribution in [-0.4, -0.2) is 30.9 Å². The summed E-state index contributed by atoms with van der Waals surface area (Å²) in [5.41, 5.74) is -0.172. The molecule has 0 saturated carbocycles. The molecule has 124 valence electrons. The molecule has 1 heterocycles. The summed E-state index contributed by atoms with van der Waals surface area (Å²) in [4.78, 5) is 27.8. The lowest BCUT2D eigenvalue weighted by Crippen LogP contribution is -2.33. The summed E-state index contributed by atoms with van der Waals surface area (Å²) in [6, 6.07) is 9.92. The highest BCUT2D eigenvalue weighted by atomic mass is 16.5. The second-order valence-corrected chi connectivity index (χ2v) is 5.00. The number of aromatic amines is 1. The number of ether oxygens (including phenoxy) is 3. The molecular weight excluding hydrogens is 312 g/mol. The van der Waals surface area contributed by atoms with E-state index in [1.807, 2.05) is 0 Å². The van der Waals surface area contributed by atoms with Gasteiger partial charge in [-0.25, -0.2) is 9.36 Å². The van der Waals surface area contributed by atoms with Crippen LogP contribution in [0, 0.1) is 0 Å². The summed E-state index contributed by atoms with van der Waals surface area (Å²) in [5.74, 6) is 1.09. The largest absolute Gasteiger partial charge is 0.493 e. The molecule has 3 rings (SSSR count). The second kappa shape index (κ2) is 6.11. The van der Waals surface area contributed by atoms with Crippen molar-refractivity contribution in [2.24, 2.45) is 0 Å². The van der Waals surface area contributed by atoms with Crippen molar-refractivity contribution < 1.29 is 14.2 Å². The van der Waals surface area contributed by atoms with E-state index >= 15 is 0 Å². The minimum absolute atomic E-state index is 0.321. The van der Waals surface area contributed by atoms with Crippen molar-refractivity contribution in [1.82, 2.24) is 9.55 Å². The molecule has 2 aromatic carbocycles. The maximum Gasteiger partial charge on any atom is 0.333 e. The molecule has 3 aromatic rings. The van der Waals surface area contributed by atoms with Crippen LogP contribution in [-0.2, 0) is 0 Å². The first-order valence-electron chi connectivity index (χ1n) is 7.15. The van der Waals surface area contributed by atoms with Crippen LogP contribution in [0.25, 0.3) is 16.6 Å². The number of methoxy groups -OCH3 is 3. The third kappa shape index (κ3) is 2.40. The Morgan fingerprint density at radius 1 is 0.917 bits per heavy atom. The quantitative estimate of drug-likeness (QED) is 0.788. The number of hydrogen-bond acceptors (Lipinski definition) is 5. The number of nitrogens with zero attached hydrogens (tertiary/aromatic N) is 1. The van der Waals surface area contributed by atoms with Gasteiger partial charge in [0.15, 0.2) is 11.5 Å². The van der Waals surface area contributed by atoms with Gasteiger partial charge in [-0.3, -0.25) is 4.79 Å². The molecule has 0 atom stereocenters. The van der Waals surface area contributed by atoms with Gasteiger partial charge in [0.1, 0.15) is 0 Å². The predicted molar refractivity (Wildman–Crippen MR) is 89.8 cm³/mol. The van der Waals surface area contributed by atoms with E-state index in [0.29, 0.717) is 33.8 Å². The molecule has 0 radical (unpaired) electrons. The van der Waals surface area contributed by atoms with E-state index in [2.05, 4.69) is 4.98 Å². The molecule has 0 aliphatic rings. The maximum absolute atomic E-state index is 12.7. The molecule has 0 saturated heterocycles. The fourth-order valence-corrected chi connectivity index (χ4v) is 2.59. The van der Waals surface area contributed by atoms with E-state index in [0.717, 1.165) is 4.57 Å². The number of H-pyrrole nitrogens is 1. The van der Waals surface area contributed by atoms with Gasteiger partial charge in [0.2, 0.25) is 5.75 Å². The van der Waals surface area contributed by atoms with Gasteiger partial charge in [-0.2, -0.15) is 0 Å². The highest BCUT2D eigenvalue weighted by Gasteiger charge is 2.17. The monoisotopic (exact) mass is 328 g/mol. The van der Waals surface area contributed by atoms with Gasteiger partial charge >= 0.3 is 5.69 Å². The molecule has 0 unspecified atom stereocenters. The molecule has 0 spiro atoms. The molecule has 7 nitrogen and oxygen atoms in total. The first-order chi connectivity index (χ1) is 11.6. The first kappa shape index (κ1) is 15.7.